The minimum atomic E-state index is -3.96. The molecular weight excluding hydrogens is 538 g/mol. The molecule has 0 aliphatic carbocycles. The van der Waals surface area contributed by atoms with Crippen molar-refractivity contribution in [3.8, 4) is 0 Å². The Bertz CT molecular complexity index is 1490. The zero-order valence-corrected chi connectivity index (χ0v) is 24.6. The van der Waals surface area contributed by atoms with E-state index in [1.807, 2.05) is 75.4 Å². The zero-order chi connectivity index (χ0) is 29.6. The molecule has 3 amide bonds. The number of fused-ring (bicyclic) bond motifs is 1. The summed E-state index contributed by atoms with van der Waals surface area (Å²) in [5.74, 6) is -1.11. The molecule has 0 aromatic heterocycles. The molecule has 1 N–H and O–H groups in total. The summed E-state index contributed by atoms with van der Waals surface area (Å²) >= 11 is 0. The molecule has 1 heterocycles. The largest absolute Gasteiger partial charge is 0.352 e. The Morgan fingerprint density at radius 1 is 0.927 bits per heavy atom. The van der Waals surface area contributed by atoms with Gasteiger partial charge < -0.3 is 10.2 Å². The van der Waals surface area contributed by atoms with Gasteiger partial charge in [-0.05, 0) is 49.9 Å². The van der Waals surface area contributed by atoms with Crippen LogP contribution in [-0.4, -0.2) is 54.0 Å². The molecule has 0 bridgehead atoms. The first-order valence-corrected chi connectivity index (χ1v) is 15.4. The van der Waals surface area contributed by atoms with Crippen molar-refractivity contribution in [3.63, 3.8) is 0 Å². The average Bonchev–Trinajstić information content (AvgIpc) is 3.16. The summed E-state index contributed by atoms with van der Waals surface area (Å²) in [6.45, 7) is 5.99. The molecular formula is C32H37N3O5S. The Morgan fingerprint density at radius 3 is 2.24 bits per heavy atom. The van der Waals surface area contributed by atoms with Crippen molar-refractivity contribution in [3.05, 3.63) is 101 Å². The van der Waals surface area contributed by atoms with E-state index in [0.717, 1.165) is 27.4 Å². The fourth-order valence-electron chi connectivity index (χ4n) is 4.85. The first-order valence-electron chi connectivity index (χ1n) is 14.0. The van der Waals surface area contributed by atoms with Crippen LogP contribution in [0.3, 0.4) is 0 Å². The number of carbonyl (C=O) groups excluding carboxylic acids is 3. The molecule has 41 heavy (non-hydrogen) atoms. The van der Waals surface area contributed by atoms with Crippen molar-refractivity contribution in [2.75, 3.05) is 6.54 Å². The summed E-state index contributed by atoms with van der Waals surface area (Å²) in [6.07, 6.45) is 1.18. The molecule has 0 spiro atoms. The van der Waals surface area contributed by atoms with E-state index < -0.39 is 22.0 Å². The van der Waals surface area contributed by atoms with Crippen LogP contribution >= 0.6 is 0 Å². The Hall–Kier alpha value is -3.98. The molecule has 216 valence electrons. The number of amides is 3. The molecule has 3 aromatic carbocycles. The van der Waals surface area contributed by atoms with Gasteiger partial charge in [0.05, 0.1) is 5.56 Å². The van der Waals surface area contributed by atoms with E-state index in [9.17, 15) is 22.8 Å². The highest BCUT2D eigenvalue weighted by Gasteiger charge is 2.40. The van der Waals surface area contributed by atoms with Gasteiger partial charge in [0.2, 0.25) is 11.8 Å². The Labute approximate surface area is 242 Å². The van der Waals surface area contributed by atoms with Crippen LogP contribution in [0, 0.1) is 6.92 Å². The van der Waals surface area contributed by atoms with Crippen LogP contribution in [0.4, 0.5) is 0 Å². The summed E-state index contributed by atoms with van der Waals surface area (Å²) in [4.78, 5) is 41.8. The maximum absolute atomic E-state index is 13.8. The van der Waals surface area contributed by atoms with Crippen molar-refractivity contribution in [1.82, 2.24) is 14.5 Å². The van der Waals surface area contributed by atoms with Crippen molar-refractivity contribution < 1.29 is 22.8 Å². The molecule has 8 nitrogen and oxygen atoms in total. The molecule has 0 unspecified atom stereocenters. The SMILES string of the molecule is CC[C@H](C)NC(=O)[C@@H](Cc1ccccc1)N(Cc1ccc(C)cc1)C(=O)CCCN1C(=O)c2ccccc2S1(=O)=O. The number of nitrogens with one attached hydrogen (secondary N) is 1. The molecule has 4 rings (SSSR count). The third-order valence-corrected chi connectivity index (χ3v) is 9.25. The standard InChI is InChI=1S/C32H37N3O5S/c1-4-24(3)33-31(37)28(21-25-11-6-5-7-12-25)34(22-26-18-16-23(2)17-19-26)30(36)15-10-20-35-32(38)27-13-8-9-14-29(27)41(35,39)40/h5-9,11-14,16-19,24,28H,4,10,15,20-22H2,1-3H3,(H,33,37)/t24-,28+/m0/s1. The Balaban J connectivity index is 1.57. The van der Waals surface area contributed by atoms with Crippen LogP contribution in [0.2, 0.25) is 0 Å². The maximum Gasteiger partial charge on any atom is 0.269 e. The average molecular weight is 576 g/mol. The van der Waals surface area contributed by atoms with Gasteiger partial charge in [0.1, 0.15) is 10.9 Å². The normalized spacial score (nSPS) is 15.2. The number of hydrogen-bond acceptors (Lipinski definition) is 5. The quantitative estimate of drug-likeness (QED) is 0.343. The van der Waals surface area contributed by atoms with E-state index in [0.29, 0.717) is 6.42 Å². The van der Waals surface area contributed by atoms with Gasteiger partial charge in [-0.3, -0.25) is 14.4 Å². The molecule has 0 radical (unpaired) electrons. The van der Waals surface area contributed by atoms with E-state index in [1.165, 1.54) is 12.1 Å². The number of sulfonamides is 1. The van der Waals surface area contributed by atoms with Crippen LogP contribution in [0.5, 0.6) is 0 Å². The molecule has 0 saturated carbocycles. The van der Waals surface area contributed by atoms with Crippen LogP contribution < -0.4 is 5.32 Å². The van der Waals surface area contributed by atoms with E-state index in [4.69, 9.17) is 0 Å². The maximum atomic E-state index is 13.8. The predicted molar refractivity (Wildman–Crippen MR) is 157 cm³/mol. The van der Waals surface area contributed by atoms with E-state index >= 15 is 0 Å². The highest BCUT2D eigenvalue weighted by molar-refractivity contribution is 7.90. The molecule has 9 heteroatoms. The lowest BCUT2D eigenvalue weighted by Gasteiger charge is -2.32. The number of benzene rings is 3. The monoisotopic (exact) mass is 575 g/mol. The minimum Gasteiger partial charge on any atom is -0.352 e. The van der Waals surface area contributed by atoms with Crippen molar-refractivity contribution in [2.24, 2.45) is 0 Å². The van der Waals surface area contributed by atoms with Gasteiger partial charge in [0.25, 0.3) is 15.9 Å². The van der Waals surface area contributed by atoms with Gasteiger partial charge in [-0.2, -0.15) is 0 Å². The number of carbonyl (C=O) groups is 3. The second-order valence-electron chi connectivity index (χ2n) is 10.5. The molecule has 0 saturated heterocycles. The predicted octanol–water partition coefficient (Wildman–Crippen LogP) is 4.47. The van der Waals surface area contributed by atoms with Gasteiger partial charge in [0.15, 0.2) is 0 Å². The van der Waals surface area contributed by atoms with E-state index in [1.54, 1.807) is 17.0 Å². The molecule has 2 atom stereocenters. The fraction of sp³-hybridized carbons (Fsp3) is 0.344. The summed E-state index contributed by atoms with van der Waals surface area (Å²) in [5.41, 5.74) is 3.03. The number of hydrogen-bond donors (Lipinski definition) is 1. The van der Waals surface area contributed by atoms with Crippen molar-refractivity contribution in [1.29, 1.82) is 0 Å². The Kier molecular flexibility index (Phi) is 9.60. The van der Waals surface area contributed by atoms with Crippen LogP contribution in [0.15, 0.2) is 83.8 Å². The van der Waals surface area contributed by atoms with Gasteiger partial charge in [-0.25, -0.2) is 12.7 Å². The van der Waals surface area contributed by atoms with Gasteiger partial charge in [0, 0.05) is 32.0 Å². The fourth-order valence-corrected chi connectivity index (χ4v) is 6.46. The first kappa shape index (κ1) is 30.0. The number of rotatable bonds is 12. The van der Waals surface area contributed by atoms with Crippen LogP contribution in [0.25, 0.3) is 0 Å². The topological polar surface area (TPSA) is 104 Å². The lowest BCUT2D eigenvalue weighted by Crippen LogP contribution is -2.52. The van der Waals surface area contributed by atoms with E-state index in [2.05, 4.69) is 5.32 Å². The summed E-state index contributed by atoms with van der Waals surface area (Å²) in [7, 11) is -3.96. The van der Waals surface area contributed by atoms with Crippen molar-refractivity contribution in [2.45, 2.75) is 70.0 Å². The van der Waals surface area contributed by atoms with Crippen LogP contribution in [0.1, 0.15) is 60.2 Å². The minimum absolute atomic E-state index is 0.0121. The Morgan fingerprint density at radius 2 is 1.59 bits per heavy atom. The first-order chi connectivity index (χ1) is 19.6. The third kappa shape index (κ3) is 7.03. The number of nitrogens with zero attached hydrogens (tertiary/aromatic N) is 2. The van der Waals surface area contributed by atoms with Gasteiger partial charge in [-0.1, -0.05) is 79.2 Å². The lowest BCUT2D eigenvalue weighted by molar-refractivity contribution is -0.141. The highest BCUT2D eigenvalue weighted by atomic mass is 32.2. The molecule has 3 aromatic rings. The van der Waals surface area contributed by atoms with Gasteiger partial charge >= 0.3 is 0 Å². The molecule has 1 aliphatic rings. The summed E-state index contributed by atoms with van der Waals surface area (Å²) in [5, 5.41) is 3.04. The zero-order valence-electron chi connectivity index (χ0n) is 23.7. The highest BCUT2D eigenvalue weighted by Crippen LogP contribution is 2.30. The second-order valence-corrected chi connectivity index (χ2v) is 12.3. The third-order valence-electron chi connectivity index (χ3n) is 7.41. The summed E-state index contributed by atoms with van der Waals surface area (Å²) in [6, 6.07) is 22.6. The van der Waals surface area contributed by atoms with Crippen molar-refractivity contribution >= 4 is 27.7 Å². The number of aryl methyl sites for hydroxylation is 1. The van der Waals surface area contributed by atoms with E-state index in [-0.39, 0.29) is 54.2 Å². The van der Waals surface area contributed by atoms with Crippen LogP contribution in [-0.2, 0) is 32.6 Å². The van der Waals surface area contributed by atoms with Gasteiger partial charge in [-0.15, -0.1) is 0 Å². The lowest BCUT2D eigenvalue weighted by atomic mass is 10.0. The molecule has 0 fully saturated rings. The summed E-state index contributed by atoms with van der Waals surface area (Å²) < 4.78 is 26.8. The smallest absolute Gasteiger partial charge is 0.269 e. The molecule has 1 aliphatic heterocycles. The second kappa shape index (κ2) is 13.1.